The zero-order valence-corrected chi connectivity index (χ0v) is 11.0. The second-order valence-corrected chi connectivity index (χ2v) is 5.20. The van der Waals surface area contributed by atoms with Crippen molar-refractivity contribution in [3.63, 3.8) is 0 Å². The van der Waals surface area contributed by atoms with Crippen molar-refractivity contribution in [3.05, 3.63) is 34.4 Å². The summed E-state index contributed by atoms with van der Waals surface area (Å²) in [5.74, 6) is 0.493. The van der Waals surface area contributed by atoms with Crippen LogP contribution in [-0.4, -0.2) is 18.5 Å². The van der Waals surface area contributed by atoms with Gasteiger partial charge >= 0.3 is 0 Å². The third-order valence-corrected chi connectivity index (χ3v) is 3.57. The monoisotopic (exact) mass is 232 g/mol. The topological polar surface area (TPSA) is 26.3 Å². The Bertz CT molecular complexity index is 425. The number of hydrogen-bond acceptors (Lipinski definition) is 2. The SMILES string of the molecule is Cc1cc(C)c(C(=O)C2OCCC2C)c(C)c1. The summed E-state index contributed by atoms with van der Waals surface area (Å²) >= 11 is 0. The first-order valence-corrected chi connectivity index (χ1v) is 6.24. The molecule has 17 heavy (non-hydrogen) atoms. The molecule has 92 valence electrons. The molecule has 0 aromatic heterocycles. The van der Waals surface area contributed by atoms with Crippen LogP contribution in [0.4, 0.5) is 0 Å². The van der Waals surface area contributed by atoms with Crippen LogP contribution in [0.2, 0.25) is 0 Å². The van der Waals surface area contributed by atoms with E-state index in [1.807, 2.05) is 13.8 Å². The van der Waals surface area contributed by atoms with Crippen LogP contribution < -0.4 is 0 Å². The van der Waals surface area contributed by atoms with Gasteiger partial charge in [0.05, 0.1) is 0 Å². The summed E-state index contributed by atoms with van der Waals surface area (Å²) < 4.78 is 5.57. The lowest BCUT2D eigenvalue weighted by atomic mass is 9.90. The van der Waals surface area contributed by atoms with Crippen molar-refractivity contribution in [3.8, 4) is 0 Å². The van der Waals surface area contributed by atoms with Crippen LogP contribution in [0, 0.1) is 26.7 Å². The number of ketones is 1. The predicted molar refractivity (Wildman–Crippen MR) is 68.5 cm³/mol. The number of rotatable bonds is 2. The summed E-state index contributed by atoms with van der Waals surface area (Å²) in [5, 5.41) is 0. The Hall–Kier alpha value is -1.15. The maximum atomic E-state index is 12.5. The lowest BCUT2D eigenvalue weighted by Crippen LogP contribution is -2.26. The zero-order chi connectivity index (χ0) is 12.6. The Morgan fingerprint density at radius 2 is 1.82 bits per heavy atom. The normalized spacial score (nSPS) is 24.0. The van der Waals surface area contributed by atoms with Gasteiger partial charge in [-0.1, -0.05) is 24.6 Å². The lowest BCUT2D eigenvalue weighted by molar-refractivity contribution is 0.0578. The summed E-state index contributed by atoms with van der Waals surface area (Å²) in [5.41, 5.74) is 4.19. The molecule has 2 heteroatoms. The molecule has 2 rings (SSSR count). The van der Waals surface area contributed by atoms with E-state index in [-0.39, 0.29) is 11.9 Å². The van der Waals surface area contributed by atoms with Gasteiger partial charge in [0.15, 0.2) is 5.78 Å². The smallest absolute Gasteiger partial charge is 0.192 e. The van der Waals surface area contributed by atoms with Crippen molar-refractivity contribution >= 4 is 5.78 Å². The second-order valence-electron chi connectivity index (χ2n) is 5.20. The van der Waals surface area contributed by atoms with Gasteiger partial charge in [0.2, 0.25) is 0 Å². The molecule has 0 saturated carbocycles. The van der Waals surface area contributed by atoms with E-state index >= 15 is 0 Å². The maximum absolute atomic E-state index is 12.5. The molecular formula is C15H20O2. The van der Waals surface area contributed by atoms with Crippen molar-refractivity contribution in [2.45, 2.75) is 40.2 Å². The summed E-state index contributed by atoms with van der Waals surface area (Å²) in [4.78, 5) is 12.5. The second kappa shape index (κ2) is 4.61. The quantitative estimate of drug-likeness (QED) is 0.732. The van der Waals surface area contributed by atoms with E-state index in [2.05, 4.69) is 26.0 Å². The van der Waals surface area contributed by atoms with Crippen molar-refractivity contribution in [2.75, 3.05) is 6.61 Å². The summed E-state index contributed by atoms with van der Waals surface area (Å²) in [6.07, 6.45) is 0.746. The fraction of sp³-hybridized carbons (Fsp3) is 0.533. The van der Waals surface area contributed by atoms with Crippen molar-refractivity contribution in [1.82, 2.24) is 0 Å². The van der Waals surface area contributed by atoms with Gasteiger partial charge in [-0.15, -0.1) is 0 Å². The molecule has 1 fully saturated rings. The lowest BCUT2D eigenvalue weighted by Gasteiger charge is -2.17. The minimum atomic E-state index is -0.241. The number of carbonyl (C=O) groups is 1. The molecule has 0 bridgehead atoms. The minimum absolute atomic E-state index is 0.157. The average molecular weight is 232 g/mol. The summed E-state index contributed by atoms with van der Waals surface area (Å²) in [6.45, 7) is 8.87. The molecule has 0 aliphatic carbocycles. The number of hydrogen-bond donors (Lipinski definition) is 0. The van der Waals surface area contributed by atoms with Crippen LogP contribution in [0.15, 0.2) is 12.1 Å². The number of Topliss-reactive ketones (excluding diaryl/α,β-unsaturated/α-hetero) is 1. The van der Waals surface area contributed by atoms with E-state index in [9.17, 15) is 4.79 Å². The van der Waals surface area contributed by atoms with Crippen LogP contribution in [0.5, 0.6) is 0 Å². The molecule has 1 aromatic rings. The van der Waals surface area contributed by atoms with Gasteiger partial charge in [-0.05, 0) is 44.2 Å². The molecule has 0 spiro atoms. The van der Waals surface area contributed by atoms with E-state index in [1.54, 1.807) is 0 Å². The van der Waals surface area contributed by atoms with Crippen LogP contribution in [0.1, 0.15) is 40.4 Å². The standard InChI is InChI=1S/C15H20O2/c1-9-7-11(3)13(12(4)8-9)14(16)15-10(2)5-6-17-15/h7-8,10,15H,5-6H2,1-4H3. The zero-order valence-electron chi connectivity index (χ0n) is 11.0. The molecule has 0 amide bonds. The largest absolute Gasteiger partial charge is 0.370 e. The van der Waals surface area contributed by atoms with Crippen LogP contribution in [0.3, 0.4) is 0 Å². The third-order valence-electron chi connectivity index (χ3n) is 3.57. The maximum Gasteiger partial charge on any atom is 0.192 e. The fourth-order valence-corrected chi connectivity index (χ4v) is 2.74. The van der Waals surface area contributed by atoms with Crippen LogP contribution in [0.25, 0.3) is 0 Å². The Morgan fingerprint density at radius 1 is 1.24 bits per heavy atom. The Balaban J connectivity index is 2.37. The molecule has 0 N–H and O–H groups in total. The Labute approximate surface area is 103 Å². The van der Waals surface area contributed by atoms with E-state index in [4.69, 9.17) is 4.74 Å². The highest BCUT2D eigenvalue weighted by atomic mass is 16.5. The average Bonchev–Trinajstić information content (AvgIpc) is 2.62. The first-order valence-electron chi connectivity index (χ1n) is 6.24. The van der Waals surface area contributed by atoms with Crippen LogP contribution in [-0.2, 0) is 4.74 Å². The third kappa shape index (κ3) is 2.27. The van der Waals surface area contributed by atoms with Gasteiger partial charge < -0.3 is 4.74 Å². The van der Waals surface area contributed by atoms with Crippen molar-refractivity contribution < 1.29 is 9.53 Å². The molecule has 2 atom stereocenters. The van der Waals surface area contributed by atoms with E-state index < -0.39 is 0 Å². The molecule has 2 unspecified atom stereocenters. The molecule has 0 radical (unpaired) electrons. The highest BCUT2D eigenvalue weighted by Gasteiger charge is 2.32. The van der Waals surface area contributed by atoms with Crippen LogP contribution >= 0.6 is 0 Å². The van der Waals surface area contributed by atoms with Gasteiger partial charge in [-0.2, -0.15) is 0 Å². The molecule has 2 nitrogen and oxygen atoms in total. The molecular weight excluding hydrogens is 212 g/mol. The van der Waals surface area contributed by atoms with Gasteiger partial charge in [0.25, 0.3) is 0 Å². The van der Waals surface area contributed by atoms with Gasteiger partial charge in [-0.25, -0.2) is 0 Å². The molecule has 1 heterocycles. The van der Waals surface area contributed by atoms with E-state index in [0.29, 0.717) is 12.5 Å². The molecule has 1 saturated heterocycles. The highest BCUT2D eigenvalue weighted by Crippen LogP contribution is 2.26. The molecule has 1 aromatic carbocycles. The number of benzene rings is 1. The highest BCUT2D eigenvalue weighted by molar-refractivity contribution is 6.02. The number of aryl methyl sites for hydroxylation is 3. The number of carbonyl (C=O) groups excluding carboxylic acids is 1. The minimum Gasteiger partial charge on any atom is -0.370 e. The Kier molecular flexibility index (Phi) is 3.34. The van der Waals surface area contributed by atoms with Crippen molar-refractivity contribution in [2.24, 2.45) is 5.92 Å². The molecule has 1 aliphatic rings. The first kappa shape index (κ1) is 12.3. The predicted octanol–water partition coefficient (Wildman–Crippen LogP) is 3.22. The van der Waals surface area contributed by atoms with E-state index in [1.165, 1.54) is 5.56 Å². The van der Waals surface area contributed by atoms with Gasteiger partial charge in [0, 0.05) is 12.2 Å². The van der Waals surface area contributed by atoms with E-state index in [0.717, 1.165) is 23.1 Å². The summed E-state index contributed by atoms with van der Waals surface area (Å²) in [7, 11) is 0. The summed E-state index contributed by atoms with van der Waals surface area (Å²) in [6, 6.07) is 4.14. The Morgan fingerprint density at radius 3 is 2.29 bits per heavy atom. The fourth-order valence-electron chi connectivity index (χ4n) is 2.74. The first-order chi connectivity index (χ1) is 8.00. The number of ether oxygens (including phenoxy) is 1. The van der Waals surface area contributed by atoms with Gasteiger partial charge in [0.1, 0.15) is 6.10 Å². The van der Waals surface area contributed by atoms with Crippen molar-refractivity contribution in [1.29, 1.82) is 0 Å². The van der Waals surface area contributed by atoms with Gasteiger partial charge in [-0.3, -0.25) is 4.79 Å². The molecule has 1 aliphatic heterocycles.